The van der Waals surface area contributed by atoms with Gasteiger partial charge in [0.05, 0.1) is 28.7 Å². The number of fused-ring (bicyclic) bond motifs is 5. The summed E-state index contributed by atoms with van der Waals surface area (Å²) in [4.78, 5) is 14.2. The number of morpholine rings is 1. The minimum absolute atomic E-state index is 0. The lowest BCUT2D eigenvalue weighted by Gasteiger charge is -2.45. The lowest BCUT2D eigenvalue weighted by Crippen LogP contribution is -2.60. The van der Waals surface area contributed by atoms with E-state index in [-0.39, 0.29) is 28.0 Å². The average Bonchev–Trinajstić information content (AvgIpc) is 3.17. The highest BCUT2D eigenvalue weighted by atomic mass is 79.9. The highest BCUT2D eigenvalue weighted by molar-refractivity contribution is 8.93. The minimum atomic E-state index is -4.27. The van der Waals surface area contributed by atoms with Crippen LogP contribution < -0.4 is 0 Å². The first-order valence-electron chi connectivity index (χ1n) is 11.9. The smallest absolute Gasteiger partial charge is 0.349 e. The van der Waals surface area contributed by atoms with Crippen LogP contribution in [0.3, 0.4) is 0 Å². The maximum absolute atomic E-state index is 13.1. The Balaban J connectivity index is 0.000000238. The van der Waals surface area contributed by atoms with Crippen molar-refractivity contribution in [3.8, 4) is 0 Å². The molecule has 1 unspecified atom stereocenters. The Bertz CT molecular complexity index is 1300. The van der Waals surface area contributed by atoms with Gasteiger partial charge in [-0.15, -0.1) is 39.7 Å². The van der Waals surface area contributed by atoms with Crippen LogP contribution in [0.1, 0.15) is 28.2 Å². The van der Waals surface area contributed by atoms with Crippen LogP contribution in [-0.4, -0.2) is 73.0 Å². The van der Waals surface area contributed by atoms with Crippen molar-refractivity contribution in [1.29, 1.82) is 0 Å². The van der Waals surface area contributed by atoms with Gasteiger partial charge >= 0.3 is 5.97 Å². The zero-order valence-electron chi connectivity index (χ0n) is 21.1. The number of aliphatic hydroxyl groups is 1. The van der Waals surface area contributed by atoms with Crippen LogP contribution in [0.25, 0.3) is 0 Å². The fraction of sp³-hybridized carbons (Fsp3) is 0.423. The molecule has 2 bridgehead atoms. The third-order valence-electron chi connectivity index (χ3n) is 7.67. The second-order valence-corrected chi connectivity index (χ2v) is 13.5. The number of benzene rings is 1. The molecule has 0 radical (unpaired) electrons. The number of quaternary nitrogens is 1. The van der Waals surface area contributed by atoms with Gasteiger partial charge < -0.3 is 23.6 Å². The molecule has 2 aromatic heterocycles. The summed E-state index contributed by atoms with van der Waals surface area (Å²) in [7, 11) is 0.224. The number of epoxide rings is 1. The standard InChI is InChI=1S/C19H22NO4S2.C7H8O3S.BrH/c1-20(2)12-9-11(10-13(20)17-16(12)24-17)23-18(21)19(22,14-5-3-7-25-14)15-6-4-8-26-15;1-6-2-4-7(5-3-6)11(8,9)10;/h3-8,11-13,16-17,22H,9-10H2,1-2H3;2-5H,1H3,(H,8,9,10);1H/q+1;;/p-1/t11?,12-,13+,16-,17+;;. The lowest BCUT2D eigenvalue weighted by atomic mass is 9.95. The number of likely N-dealkylation sites (N-methyl/N-ethyl adjacent to an activating group) is 1. The van der Waals surface area contributed by atoms with Crippen molar-refractivity contribution < 1.29 is 36.8 Å². The maximum atomic E-state index is 13.1. The summed E-state index contributed by atoms with van der Waals surface area (Å²) in [5.74, 6) is -0.561. The first-order chi connectivity index (χ1) is 17.4. The molecule has 1 N–H and O–H groups in total. The number of hydrogen-bond acceptors (Lipinski definition) is 9. The molecular formula is C26H30BrNO7S3. The second-order valence-electron chi connectivity index (χ2n) is 10.3. The van der Waals surface area contributed by atoms with Crippen LogP contribution in [0, 0.1) is 6.92 Å². The number of piperidine rings is 1. The van der Waals surface area contributed by atoms with E-state index >= 15 is 0 Å². The molecule has 6 rings (SSSR count). The number of carbonyl (C=O) groups is 1. The molecule has 3 aliphatic heterocycles. The van der Waals surface area contributed by atoms with Crippen molar-refractivity contribution in [2.45, 2.75) is 60.7 Å². The van der Waals surface area contributed by atoms with Crippen LogP contribution in [0.4, 0.5) is 0 Å². The van der Waals surface area contributed by atoms with E-state index in [4.69, 9.17) is 9.47 Å². The van der Waals surface area contributed by atoms with Crippen molar-refractivity contribution in [2.24, 2.45) is 0 Å². The summed E-state index contributed by atoms with van der Waals surface area (Å²) in [6.45, 7) is 1.82. The second kappa shape index (κ2) is 10.7. The number of ether oxygens (including phenoxy) is 2. The van der Waals surface area contributed by atoms with E-state index in [2.05, 4.69) is 14.1 Å². The summed E-state index contributed by atoms with van der Waals surface area (Å²) in [5.41, 5.74) is -0.791. The number of esters is 1. The van der Waals surface area contributed by atoms with Gasteiger partial charge in [-0.1, -0.05) is 29.8 Å². The number of aryl methyl sites for hydroxylation is 1. The fourth-order valence-electron chi connectivity index (χ4n) is 5.53. The van der Waals surface area contributed by atoms with Crippen molar-refractivity contribution in [2.75, 3.05) is 14.1 Å². The number of halogens is 1. The molecule has 1 aromatic carbocycles. The molecule has 3 aromatic rings. The SMILES string of the molecule is Br.C[N+]1(C)[C@@H]2CC(OC(=O)C(O)(c3cccs3)c3cccs3)C[C@H]1[C@@H]1O[C@@H]12.Cc1ccc(S(=O)(=O)[O-])cc1. The zero-order valence-corrected chi connectivity index (χ0v) is 25.2. The average molecular weight is 645 g/mol. The molecule has 3 aliphatic rings. The molecule has 3 saturated heterocycles. The summed E-state index contributed by atoms with van der Waals surface area (Å²) < 4.78 is 43.8. The minimum Gasteiger partial charge on any atom is -0.744 e. The van der Waals surface area contributed by atoms with Gasteiger partial charge in [0.25, 0.3) is 0 Å². The summed E-state index contributed by atoms with van der Waals surface area (Å²) in [6, 6.07) is 13.8. The van der Waals surface area contributed by atoms with Crippen LogP contribution >= 0.6 is 39.7 Å². The van der Waals surface area contributed by atoms with Gasteiger partial charge in [0.2, 0.25) is 5.60 Å². The van der Waals surface area contributed by atoms with Crippen LogP contribution in [0.2, 0.25) is 0 Å². The highest BCUT2D eigenvalue weighted by Gasteiger charge is 2.71. The fourth-order valence-corrected chi connectivity index (χ4v) is 7.72. The number of carbonyl (C=O) groups excluding carboxylic acids is 1. The zero-order chi connectivity index (χ0) is 26.6. The van der Waals surface area contributed by atoms with Crippen LogP contribution in [0.15, 0.2) is 64.2 Å². The lowest BCUT2D eigenvalue weighted by molar-refractivity contribution is -0.938. The molecular weight excluding hydrogens is 614 g/mol. The maximum Gasteiger partial charge on any atom is 0.349 e. The van der Waals surface area contributed by atoms with Crippen LogP contribution in [0.5, 0.6) is 0 Å². The molecule has 0 aliphatic carbocycles. The van der Waals surface area contributed by atoms with Crippen molar-refractivity contribution >= 4 is 55.7 Å². The van der Waals surface area contributed by atoms with E-state index in [9.17, 15) is 22.9 Å². The third kappa shape index (κ3) is 5.37. The first-order valence-corrected chi connectivity index (χ1v) is 15.1. The molecule has 0 spiro atoms. The van der Waals surface area contributed by atoms with Gasteiger partial charge in [0, 0.05) is 12.8 Å². The Morgan fingerprint density at radius 2 is 1.53 bits per heavy atom. The topological polar surface area (TPSA) is 116 Å². The van der Waals surface area contributed by atoms with Gasteiger partial charge in [0.1, 0.15) is 40.5 Å². The molecule has 5 atom stereocenters. The Morgan fingerprint density at radius 1 is 1.03 bits per heavy atom. The molecule has 206 valence electrons. The first kappa shape index (κ1) is 29.3. The molecule has 3 fully saturated rings. The van der Waals surface area contributed by atoms with Crippen LogP contribution in [-0.2, 0) is 30.0 Å². The van der Waals surface area contributed by atoms with E-state index < -0.39 is 21.7 Å². The number of nitrogens with zero attached hydrogens (tertiary/aromatic N) is 1. The Kier molecular flexibility index (Phi) is 8.29. The van der Waals surface area contributed by atoms with E-state index in [0.29, 0.717) is 34.0 Å². The molecule has 8 nitrogen and oxygen atoms in total. The van der Waals surface area contributed by atoms with Gasteiger partial charge in [-0.25, -0.2) is 13.2 Å². The van der Waals surface area contributed by atoms with E-state index in [1.807, 2.05) is 29.8 Å². The van der Waals surface area contributed by atoms with Gasteiger partial charge in [-0.2, -0.15) is 0 Å². The molecule has 0 saturated carbocycles. The van der Waals surface area contributed by atoms with Gasteiger partial charge in [-0.05, 0) is 41.9 Å². The Morgan fingerprint density at radius 3 is 1.95 bits per heavy atom. The summed E-state index contributed by atoms with van der Waals surface area (Å²) in [5, 5.41) is 15.1. The molecule has 38 heavy (non-hydrogen) atoms. The van der Waals surface area contributed by atoms with Gasteiger partial charge in [0.15, 0.2) is 0 Å². The molecule has 0 amide bonds. The highest BCUT2D eigenvalue weighted by Crippen LogP contribution is 2.52. The van der Waals surface area contributed by atoms with Crippen molar-refractivity contribution in [1.82, 2.24) is 0 Å². The third-order valence-corrected chi connectivity index (χ3v) is 10.5. The van der Waals surface area contributed by atoms with E-state index in [1.165, 1.54) is 34.8 Å². The number of hydrogen-bond donors (Lipinski definition) is 1. The predicted octanol–water partition coefficient (Wildman–Crippen LogP) is 3.82. The Hall–Kier alpha value is -1.64. The summed E-state index contributed by atoms with van der Waals surface area (Å²) in [6.07, 6.45) is 2.05. The van der Waals surface area contributed by atoms with E-state index in [0.717, 1.165) is 22.9 Å². The molecule has 5 heterocycles. The van der Waals surface area contributed by atoms with E-state index in [1.54, 1.807) is 24.3 Å². The summed E-state index contributed by atoms with van der Waals surface area (Å²) >= 11 is 2.74. The monoisotopic (exact) mass is 643 g/mol. The largest absolute Gasteiger partial charge is 0.744 e. The normalized spacial score (nSPS) is 26.8. The van der Waals surface area contributed by atoms with Gasteiger partial charge in [-0.3, -0.25) is 0 Å². The Labute approximate surface area is 240 Å². The predicted molar refractivity (Wildman–Crippen MR) is 149 cm³/mol. The van der Waals surface area contributed by atoms with Crippen molar-refractivity contribution in [3.63, 3.8) is 0 Å². The van der Waals surface area contributed by atoms with Crippen molar-refractivity contribution in [3.05, 3.63) is 74.6 Å². The number of rotatable bonds is 5. The number of thiophene rings is 2. The molecule has 12 heteroatoms. The quantitative estimate of drug-likeness (QED) is 0.194.